The first kappa shape index (κ1) is 56.1. The molecule has 0 aliphatic carbocycles. The summed E-state index contributed by atoms with van der Waals surface area (Å²) < 4.78 is 11.1. The lowest BCUT2D eigenvalue weighted by atomic mass is 9.98. The molecule has 0 aromatic heterocycles. The van der Waals surface area contributed by atoms with Gasteiger partial charge in [-0.15, -0.1) is 0 Å². The van der Waals surface area contributed by atoms with Gasteiger partial charge >= 0.3 is 0 Å². The van der Waals surface area contributed by atoms with Crippen molar-refractivity contribution in [2.45, 2.75) is 242 Å². The van der Waals surface area contributed by atoms with Crippen LogP contribution >= 0.6 is 0 Å². The molecule has 9 unspecified atom stereocenters. The minimum Gasteiger partial charge on any atom is -0.394 e. The summed E-state index contributed by atoms with van der Waals surface area (Å²) in [5.41, 5.74) is 0. The molecule has 9 atom stereocenters. The van der Waals surface area contributed by atoms with Gasteiger partial charge in [0, 0.05) is 0 Å². The number of aliphatic hydroxyl groups excluding tert-OH is 7. The second-order valence-corrected chi connectivity index (χ2v) is 16.8. The van der Waals surface area contributed by atoms with Crippen molar-refractivity contribution in [2.24, 2.45) is 0 Å². The van der Waals surface area contributed by atoms with Gasteiger partial charge < -0.3 is 50.5 Å². The van der Waals surface area contributed by atoms with Gasteiger partial charge in [0.05, 0.1) is 25.4 Å². The fourth-order valence-corrected chi connectivity index (χ4v) is 7.42. The number of hydrogen-bond acceptors (Lipinski definition) is 10. The molecule has 1 saturated heterocycles. The molecule has 350 valence electrons. The summed E-state index contributed by atoms with van der Waals surface area (Å²) in [4.78, 5) is 13.1. The Labute approximate surface area is 364 Å². The second kappa shape index (κ2) is 38.7. The van der Waals surface area contributed by atoms with E-state index in [1.54, 1.807) is 0 Å². The third-order valence-corrected chi connectivity index (χ3v) is 11.4. The SMILES string of the molecule is C/C=C/CC/C=C/CC/C=C/CCCC(O)C(O)C(COC1OC(CO)C(O)C(O)C1O)NC(=O)C(O)CCCCCCCC/C=C\CCCCCCCCCCCCC. The van der Waals surface area contributed by atoms with E-state index in [2.05, 4.69) is 54.8 Å². The molecule has 0 spiro atoms. The summed E-state index contributed by atoms with van der Waals surface area (Å²) in [5, 5.41) is 75.6. The summed E-state index contributed by atoms with van der Waals surface area (Å²) in [6.07, 6.45) is 34.7. The lowest BCUT2D eigenvalue weighted by Gasteiger charge is -2.40. The zero-order valence-electron chi connectivity index (χ0n) is 37.7. The number of nitrogens with one attached hydrogen (secondary N) is 1. The summed E-state index contributed by atoms with van der Waals surface area (Å²) in [5.74, 6) is -0.720. The molecular weight excluding hydrogens is 763 g/mol. The van der Waals surface area contributed by atoms with Crippen LogP contribution < -0.4 is 5.32 Å². The van der Waals surface area contributed by atoms with Crippen LogP contribution in [0.3, 0.4) is 0 Å². The molecule has 1 fully saturated rings. The molecular formula is C49H89NO10. The van der Waals surface area contributed by atoms with E-state index in [4.69, 9.17) is 9.47 Å². The number of rotatable bonds is 39. The van der Waals surface area contributed by atoms with Gasteiger partial charge in [0.2, 0.25) is 5.91 Å². The van der Waals surface area contributed by atoms with Crippen molar-refractivity contribution in [1.82, 2.24) is 5.32 Å². The van der Waals surface area contributed by atoms with Crippen LogP contribution in [0.5, 0.6) is 0 Å². The van der Waals surface area contributed by atoms with Gasteiger partial charge in [-0.3, -0.25) is 4.79 Å². The van der Waals surface area contributed by atoms with Crippen LogP contribution in [-0.4, -0.2) is 110 Å². The molecule has 60 heavy (non-hydrogen) atoms. The number of amides is 1. The summed E-state index contributed by atoms with van der Waals surface area (Å²) in [6, 6.07) is -1.20. The van der Waals surface area contributed by atoms with Crippen LogP contribution in [0, 0.1) is 0 Å². The maximum Gasteiger partial charge on any atom is 0.249 e. The van der Waals surface area contributed by atoms with E-state index >= 15 is 0 Å². The number of hydrogen-bond donors (Lipinski definition) is 8. The maximum absolute atomic E-state index is 13.1. The zero-order valence-corrected chi connectivity index (χ0v) is 37.7. The van der Waals surface area contributed by atoms with Gasteiger partial charge in [-0.05, 0) is 84.0 Å². The molecule has 0 aromatic carbocycles. The average Bonchev–Trinajstić information content (AvgIpc) is 3.25. The second-order valence-electron chi connectivity index (χ2n) is 16.8. The number of ether oxygens (including phenoxy) is 2. The molecule has 0 radical (unpaired) electrons. The molecule has 1 rings (SSSR count). The largest absolute Gasteiger partial charge is 0.394 e. The van der Waals surface area contributed by atoms with Crippen LogP contribution in [-0.2, 0) is 14.3 Å². The number of aliphatic hydroxyl groups is 7. The first-order valence-electron chi connectivity index (χ1n) is 24.0. The summed E-state index contributed by atoms with van der Waals surface area (Å²) >= 11 is 0. The van der Waals surface area contributed by atoms with Gasteiger partial charge in [-0.25, -0.2) is 0 Å². The number of carbonyl (C=O) groups is 1. The highest BCUT2D eigenvalue weighted by Gasteiger charge is 2.44. The van der Waals surface area contributed by atoms with Crippen LogP contribution in [0.15, 0.2) is 48.6 Å². The number of unbranched alkanes of at least 4 members (excludes halogenated alkanes) is 20. The van der Waals surface area contributed by atoms with Crippen LogP contribution in [0.25, 0.3) is 0 Å². The predicted molar refractivity (Wildman–Crippen MR) is 242 cm³/mol. The monoisotopic (exact) mass is 852 g/mol. The minimum atomic E-state index is -1.67. The van der Waals surface area contributed by atoms with E-state index in [1.165, 1.54) is 77.0 Å². The van der Waals surface area contributed by atoms with Crippen molar-refractivity contribution < 1.29 is 50.0 Å². The molecule has 0 aromatic rings. The Morgan fingerprint density at radius 2 is 1.07 bits per heavy atom. The summed E-state index contributed by atoms with van der Waals surface area (Å²) in [6.45, 7) is 3.19. The molecule has 0 saturated carbocycles. The molecule has 11 nitrogen and oxygen atoms in total. The highest BCUT2D eigenvalue weighted by Crippen LogP contribution is 2.23. The van der Waals surface area contributed by atoms with Crippen LogP contribution in [0.1, 0.15) is 187 Å². The van der Waals surface area contributed by atoms with Crippen molar-refractivity contribution in [3.8, 4) is 0 Å². The van der Waals surface area contributed by atoms with Gasteiger partial charge in [0.25, 0.3) is 0 Å². The number of allylic oxidation sites excluding steroid dienone is 8. The fraction of sp³-hybridized carbons (Fsp3) is 0.816. The highest BCUT2D eigenvalue weighted by atomic mass is 16.7. The predicted octanol–water partition coefficient (Wildman–Crippen LogP) is 8.17. The van der Waals surface area contributed by atoms with Crippen molar-refractivity contribution in [2.75, 3.05) is 13.2 Å². The Balaban J connectivity index is 2.42. The van der Waals surface area contributed by atoms with Gasteiger partial charge in [0.15, 0.2) is 6.29 Å². The Bertz CT molecular complexity index is 1110. The Morgan fingerprint density at radius 1 is 0.600 bits per heavy atom. The Hall–Kier alpha value is -1.93. The average molecular weight is 852 g/mol. The summed E-state index contributed by atoms with van der Waals surface area (Å²) in [7, 11) is 0. The molecule has 1 heterocycles. The topological polar surface area (TPSA) is 189 Å². The van der Waals surface area contributed by atoms with Gasteiger partial charge in [-0.1, -0.05) is 152 Å². The normalized spacial score (nSPS) is 22.1. The van der Waals surface area contributed by atoms with Crippen molar-refractivity contribution in [3.05, 3.63) is 48.6 Å². The van der Waals surface area contributed by atoms with Gasteiger partial charge in [-0.2, -0.15) is 0 Å². The smallest absolute Gasteiger partial charge is 0.249 e. The van der Waals surface area contributed by atoms with E-state index < -0.39 is 74.2 Å². The lowest BCUT2D eigenvalue weighted by molar-refractivity contribution is -0.303. The zero-order chi connectivity index (χ0) is 44.1. The molecule has 1 aliphatic heterocycles. The lowest BCUT2D eigenvalue weighted by Crippen LogP contribution is -2.60. The Kier molecular flexibility index (Phi) is 36.2. The minimum absolute atomic E-state index is 0.237. The van der Waals surface area contributed by atoms with Crippen molar-refractivity contribution >= 4 is 5.91 Å². The third kappa shape index (κ3) is 27.9. The Morgan fingerprint density at radius 3 is 1.58 bits per heavy atom. The number of carbonyl (C=O) groups excluding carboxylic acids is 1. The quantitative estimate of drug-likeness (QED) is 0.0221. The van der Waals surface area contributed by atoms with E-state index in [9.17, 15) is 40.5 Å². The van der Waals surface area contributed by atoms with E-state index in [-0.39, 0.29) is 12.8 Å². The van der Waals surface area contributed by atoms with Crippen molar-refractivity contribution in [1.29, 1.82) is 0 Å². The fourth-order valence-electron chi connectivity index (χ4n) is 7.42. The van der Waals surface area contributed by atoms with E-state index in [1.807, 2.05) is 13.0 Å². The van der Waals surface area contributed by atoms with E-state index in [0.29, 0.717) is 19.3 Å². The van der Waals surface area contributed by atoms with Gasteiger partial charge in [0.1, 0.15) is 36.6 Å². The first-order chi connectivity index (χ1) is 29.2. The molecule has 1 aliphatic rings. The first-order valence-corrected chi connectivity index (χ1v) is 24.0. The molecule has 11 heteroatoms. The third-order valence-electron chi connectivity index (χ3n) is 11.4. The molecule has 8 N–H and O–H groups in total. The van der Waals surface area contributed by atoms with E-state index in [0.717, 1.165) is 64.2 Å². The highest BCUT2D eigenvalue weighted by molar-refractivity contribution is 5.80. The standard InChI is InChI=1S/C49H89NO10/c1-3-5-7-9-11-13-15-17-18-19-20-21-22-23-24-25-27-29-31-33-35-37-42(53)48(58)50-40(39-59-49-47(57)46(56)45(55)43(38-51)60-49)44(54)41(52)36-34-32-30-28-26-16-14-12-10-8-6-4-2/h4,6,12,14,22-23,28,30,40-47,49,51-57H,3,5,7-11,13,15-21,24-27,29,31-39H2,1-2H3,(H,50,58)/b6-4+,14-12+,23-22-,30-28+. The molecule has 0 bridgehead atoms. The van der Waals surface area contributed by atoms with Crippen LogP contribution in [0.4, 0.5) is 0 Å². The van der Waals surface area contributed by atoms with Crippen molar-refractivity contribution in [3.63, 3.8) is 0 Å². The van der Waals surface area contributed by atoms with Crippen LogP contribution in [0.2, 0.25) is 0 Å². The maximum atomic E-state index is 13.1. The molecule has 1 amide bonds.